The zero-order valence-corrected chi connectivity index (χ0v) is 18.3. The molecule has 2 aliphatic heterocycles. The van der Waals surface area contributed by atoms with Gasteiger partial charge >= 0.3 is 0 Å². The molecule has 1 saturated heterocycles. The molecule has 0 radical (unpaired) electrons. The van der Waals surface area contributed by atoms with Gasteiger partial charge in [-0.3, -0.25) is 4.90 Å². The van der Waals surface area contributed by atoms with Gasteiger partial charge in [0, 0.05) is 44.5 Å². The smallest absolute Gasteiger partial charge is 0.121 e. The molecule has 0 bridgehead atoms. The number of rotatable bonds is 7. The Kier molecular flexibility index (Phi) is 7.06. The van der Waals surface area contributed by atoms with Crippen molar-refractivity contribution in [2.45, 2.75) is 25.7 Å². The molecule has 0 unspecified atom stereocenters. The van der Waals surface area contributed by atoms with E-state index in [1.54, 1.807) is 0 Å². The number of nitrogens with zero attached hydrogens (tertiary/aromatic N) is 2. The van der Waals surface area contributed by atoms with E-state index in [0.717, 1.165) is 70.2 Å². The predicted molar refractivity (Wildman–Crippen MR) is 123 cm³/mol. The molecule has 0 aromatic heterocycles. The normalized spacial score (nSPS) is 17.0. The van der Waals surface area contributed by atoms with Crippen molar-refractivity contribution >= 4 is 34.6 Å². The number of piperazine rings is 1. The quantitative estimate of drug-likeness (QED) is 0.596. The van der Waals surface area contributed by atoms with Crippen LogP contribution in [0.2, 0.25) is 10.0 Å². The third kappa shape index (κ3) is 5.30. The minimum atomic E-state index is 0.626. The van der Waals surface area contributed by atoms with E-state index in [1.165, 1.54) is 24.1 Å². The van der Waals surface area contributed by atoms with Gasteiger partial charge in [0.1, 0.15) is 5.75 Å². The maximum Gasteiger partial charge on any atom is 0.121 e. The number of unbranched alkanes of at least 4 members (excludes halogenated alkanes) is 1. The Morgan fingerprint density at radius 3 is 2.72 bits per heavy atom. The summed E-state index contributed by atoms with van der Waals surface area (Å²) in [5.74, 6) is 0.977. The van der Waals surface area contributed by atoms with Crippen molar-refractivity contribution < 1.29 is 4.74 Å². The van der Waals surface area contributed by atoms with Crippen LogP contribution in [0.25, 0.3) is 0 Å². The summed E-state index contributed by atoms with van der Waals surface area (Å²) in [6.07, 6.45) is 4.61. The molecule has 2 heterocycles. The summed E-state index contributed by atoms with van der Waals surface area (Å²) in [5, 5.41) is 4.75. The van der Waals surface area contributed by atoms with Crippen molar-refractivity contribution in [2.75, 3.05) is 56.1 Å². The molecule has 0 saturated carbocycles. The molecule has 2 aliphatic rings. The average Bonchev–Trinajstić information content (AvgIpc) is 2.76. The lowest BCUT2D eigenvalue weighted by Gasteiger charge is -2.36. The monoisotopic (exact) mass is 433 g/mol. The fourth-order valence-electron chi connectivity index (χ4n) is 4.11. The maximum atomic E-state index is 6.37. The third-order valence-electron chi connectivity index (χ3n) is 5.80. The van der Waals surface area contributed by atoms with E-state index in [1.807, 2.05) is 12.1 Å². The highest BCUT2D eigenvalue weighted by Crippen LogP contribution is 2.33. The van der Waals surface area contributed by atoms with Gasteiger partial charge in [-0.1, -0.05) is 35.3 Å². The summed E-state index contributed by atoms with van der Waals surface area (Å²) in [6.45, 7) is 7.04. The van der Waals surface area contributed by atoms with Crippen LogP contribution in [0, 0.1) is 0 Å². The van der Waals surface area contributed by atoms with E-state index in [9.17, 15) is 0 Å². The second kappa shape index (κ2) is 9.92. The number of ether oxygens (including phenoxy) is 1. The highest BCUT2D eigenvalue weighted by atomic mass is 35.5. The number of aryl methyl sites for hydroxylation is 1. The average molecular weight is 434 g/mol. The van der Waals surface area contributed by atoms with Crippen molar-refractivity contribution in [2.24, 2.45) is 0 Å². The molecule has 6 heteroatoms. The number of halogens is 2. The van der Waals surface area contributed by atoms with Gasteiger partial charge in [0.15, 0.2) is 0 Å². The van der Waals surface area contributed by atoms with E-state index in [0.29, 0.717) is 10.0 Å². The van der Waals surface area contributed by atoms with Gasteiger partial charge in [-0.05, 0) is 56.0 Å². The van der Waals surface area contributed by atoms with Crippen LogP contribution in [0.15, 0.2) is 36.4 Å². The zero-order valence-electron chi connectivity index (χ0n) is 16.8. The number of anilines is 2. The lowest BCUT2D eigenvalue weighted by Crippen LogP contribution is -2.46. The fraction of sp³-hybridized carbons (Fsp3) is 0.478. The van der Waals surface area contributed by atoms with E-state index >= 15 is 0 Å². The summed E-state index contributed by atoms with van der Waals surface area (Å²) in [4.78, 5) is 4.86. The van der Waals surface area contributed by atoms with Crippen LogP contribution in [0.3, 0.4) is 0 Å². The highest BCUT2D eigenvalue weighted by molar-refractivity contribution is 6.43. The Hall–Kier alpha value is -1.62. The first-order valence-electron chi connectivity index (χ1n) is 10.6. The van der Waals surface area contributed by atoms with Crippen LogP contribution < -0.4 is 15.0 Å². The van der Waals surface area contributed by atoms with Gasteiger partial charge in [0.2, 0.25) is 0 Å². The number of nitrogens with one attached hydrogen (secondary N) is 1. The van der Waals surface area contributed by atoms with Crippen molar-refractivity contribution in [3.8, 4) is 5.75 Å². The van der Waals surface area contributed by atoms with Gasteiger partial charge in [-0.25, -0.2) is 0 Å². The van der Waals surface area contributed by atoms with Crippen LogP contribution in [-0.2, 0) is 6.42 Å². The van der Waals surface area contributed by atoms with Gasteiger partial charge in [-0.2, -0.15) is 0 Å². The van der Waals surface area contributed by atoms with Gasteiger partial charge in [-0.15, -0.1) is 0 Å². The van der Waals surface area contributed by atoms with Crippen molar-refractivity contribution in [1.29, 1.82) is 0 Å². The summed E-state index contributed by atoms with van der Waals surface area (Å²) in [7, 11) is 0. The van der Waals surface area contributed by atoms with Crippen LogP contribution in [0.5, 0.6) is 5.75 Å². The molecular formula is C23H29Cl2N3O. The molecule has 156 valence electrons. The van der Waals surface area contributed by atoms with Crippen molar-refractivity contribution in [1.82, 2.24) is 4.90 Å². The molecule has 1 N–H and O–H groups in total. The summed E-state index contributed by atoms with van der Waals surface area (Å²) in [5.41, 5.74) is 3.69. The van der Waals surface area contributed by atoms with Gasteiger partial charge < -0.3 is 15.0 Å². The Labute approximate surface area is 183 Å². The Morgan fingerprint density at radius 2 is 1.86 bits per heavy atom. The van der Waals surface area contributed by atoms with E-state index in [4.69, 9.17) is 27.9 Å². The topological polar surface area (TPSA) is 27.7 Å². The molecule has 0 spiro atoms. The summed E-state index contributed by atoms with van der Waals surface area (Å²) in [6, 6.07) is 12.3. The fourth-order valence-corrected chi connectivity index (χ4v) is 4.52. The first-order valence-corrected chi connectivity index (χ1v) is 11.4. The van der Waals surface area contributed by atoms with Crippen LogP contribution >= 0.6 is 23.2 Å². The number of hydrogen-bond donors (Lipinski definition) is 1. The first kappa shape index (κ1) is 20.6. The maximum absolute atomic E-state index is 6.37. The van der Waals surface area contributed by atoms with E-state index in [-0.39, 0.29) is 0 Å². The third-order valence-corrected chi connectivity index (χ3v) is 6.61. The lowest BCUT2D eigenvalue weighted by molar-refractivity contribution is 0.238. The Bertz CT molecular complexity index is 822. The predicted octanol–water partition coefficient (Wildman–Crippen LogP) is 5.33. The van der Waals surface area contributed by atoms with E-state index in [2.05, 4.69) is 39.4 Å². The molecule has 4 nitrogen and oxygen atoms in total. The molecule has 0 atom stereocenters. The number of benzene rings is 2. The first-order chi connectivity index (χ1) is 14.2. The summed E-state index contributed by atoms with van der Waals surface area (Å²) >= 11 is 12.5. The molecule has 2 aromatic carbocycles. The Morgan fingerprint density at radius 1 is 1.00 bits per heavy atom. The number of hydrogen-bond acceptors (Lipinski definition) is 4. The molecule has 2 aromatic rings. The standard InChI is InChI=1S/C23H29Cl2N3O/c24-20-6-3-7-22(23(20)25)28-14-12-27(13-15-28)11-1-2-16-29-19-9-8-18-5-4-10-26-21(18)17-19/h3,6-9,17,26H,1-2,4-5,10-16H2. The van der Waals surface area contributed by atoms with Crippen molar-refractivity contribution in [3.63, 3.8) is 0 Å². The highest BCUT2D eigenvalue weighted by Gasteiger charge is 2.19. The molecule has 4 rings (SSSR count). The van der Waals surface area contributed by atoms with Crippen LogP contribution in [0.4, 0.5) is 11.4 Å². The molecule has 0 amide bonds. The van der Waals surface area contributed by atoms with Gasteiger partial charge in [0.05, 0.1) is 22.3 Å². The molecule has 0 aliphatic carbocycles. The minimum Gasteiger partial charge on any atom is -0.494 e. The Balaban J connectivity index is 1.15. The SMILES string of the molecule is Clc1cccc(N2CCN(CCCCOc3ccc4c(c3)NCCC4)CC2)c1Cl. The van der Waals surface area contributed by atoms with Gasteiger partial charge in [0.25, 0.3) is 0 Å². The van der Waals surface area contributed by atoms with E-state index < -0.39 is 0 Å². The second-order valence-electron chi connectivity index (χ2n) is 7.81. The number of fused-ring (bicyclic) bond motifs is 1. The van der Waals surface area contributed by atoms with Crippen molar-refractivity contribution in [3.05, 3.63) is 52.0 Å². The molecular weight excluding hydrogens is 405 g/mol. The summed E-state index contributed by atoms with van der Waals surface area (Å²) < 4.78 is 5.97. The van der Waals surface area contributed by atoms with Crippen LogP contribution in [0.1, 0.15) is 24.8 Å². The lowest BCUT2D eigenvalue weighted by atomic mass is 10.0. The molecule has 1 fully saturated rings. The second-order valence-corrected chi connectivity index (χ2v) is 8.59. The largest absolute Gasteiger partial charge is 0.494 e. The van der Waals surface area contributed by atoms with Crippen LogP contribution in [-0.4, -0.2) is 50.8 Å². The molecule has 29 heavy (non-hydrogen) atoms. The minimum absolute atomic E-state index is 0.626. The zero-order chi connectivity index (χ0) is 20.1.